The summed E-state index contributed by atoms with van der Waals surface area (Å²) >= 11 is 0. The van der Waals surface area contributed by atoms with Gasteiger partial charge in [-0.1, -0.05) is 0 Å². The molecule has 0 bridgehead atoms. The van der Waals surface area contributed by atoms with Crippen molar-refractivity contribution in [3.05, 3.63) is 59.8 Å². The molecule has 7 nitrogen and oxygen atoms in total. The molecule has 7 heteroatoms. The van der Waals surface area contributed by atoms with E-state index in [9.17, 15) is 9.59 Å². The van der Waals surface area contributed by atoms with Crippen LogP contribution >= 0.6 is 0 Å². The number of aromatic nitrogens is 1. The van der Waals surface area contributed by atoms with Crippen LogP contribution < -0.4 is 15.4 Å². The Morgan fingerprint density at radius 1 is 1.12 bits per heavy atom. The molecule has 2 N–H and O–H groups in total. The molecule has 1 aromatic heterocycles. The van der Waals surface area contributed by atoms with Gasteiger partial charge in [0.1, 0.15) is 11.4 Å². The molecule has 0 aliphatic carbocycles. The molecule has 3 aromatic rings. The number of methoxy groups -OCH3 is 1. The number of nitrogens with one attached hydrogen (secondary N) is 2. The average Bonchev–Trinajstić information content (AvgIpc) is 3.41. The van der Waals surface area contributed by atoms with E-state index in [1.165, 1.54) is 0 Å². The summed E-state index contributed by atoms with van der Waals surface area (Å²) in [4.78, 5) is 25.5. The van der Waals surface area contributed by atoms with E-state index in [1.54, 1.807) is 31.4 Å². The molecule has 2 amide bonds. The number of aryl methyl sites for hydroxylation is 1. The third kappa shape index (κ3) is 4.48. The molecule has 168 valence electrons. The smallest absolute Gasteiger partial charge is 0.268 e. The molecule has 4 rings (SSSR count). The zero-order chi connectivity index (χ0) is 22.7. The summed E-state index contributed by atoms with van der Waals surface area (Å²) in [5, 5.41) is 6.85. The number of amides is 2. The van der Waals surface area contributed by atoms with Gasteiger partial charge in [-0.15, -0.1) is 0 Å². The van der Waals surface area contributed by atoms with Gasteiger partial charge < -0.3 is 24.7 Å². The molecule has 1 aliphatic heterocycles. The van der Waals surface area contributed by atoms with E-state index in [2.05, 4.69) is 10.6 Å². The minimum atomic E-state index is -0.294. The number of ether oxygens (including phenoxy) is 2. The number of carbonyl (C=O) groups is 2. The van der Waals surface area contributed by atoms with Crippen molar-refractivity contribution >= 4 is 28.4 Å². The van der Waals surface area contributed by atoms with Gasteiger partial charge in [-0.2, -0.15) is 0 Å². The van der Waals surface area contributed by atoms with E-state index in [4.69, 9.17) is 9.47 Å². The molecule has 32 heavy (non-hydrogen) atoms. The van der Waals surface area contributed by atoms with E-state index in [0.29, 0.717) is 35.8 Å². The first-order valence-corrected chi connectivity index (χ1v) is 10.9. The number of anilines is 1. The molecule has 1 saturated heterocycles. The number of benzene rings is 2. The van der Waals surface area contributed by atoms with Gasteiger partial charge in [-0.3, -0.25) is 9.59 Å². The maximum atomic E-state index is 12.9. The number of fused-ring (bicyclic) bond motifs is 1. The first-order valence-electron chi connectivity index (χ1n) is 10.9. The van der Waals surface area contributed by atoms with Crippen LogP contribution in [0, 0.1) is 0 Å². The second-order valence-electron chi connectivity index (χ2n) is 8.31. The van der Waals surface area contributed by atoms with Crippen LogP contribution in [0.2, 0.25) is 0 Å². The number of nitrogens with zero attached hydrogens (tertiary/aromatic N) is 1. The van der Waals surface area contributed by atoms with Crippen molar-refractivity contribution < 1.29 is 19.1 Å². The Kier molecular flexibility index (Phi) is 6.19. The van der Waals surface area contributed by atoms with Gasteiger partial charge in [0.25, 0.3) is 11.8 Å². The second-order valence-corrected chi connectivity index (χ2v) is 8.31. The van der Waals surface area contributed by atoms with Crippen LogP contribution in [0.25, 0.3) is 10.9 Å². The van der Waals surface area contributed by atoms with Crippen LogP contribution in [0.4, 0.5) is 5.69 Å². The lowest BCUT2D eigenvalue weighted by molar-refractivity contribution is 0.0205. The third-order valence-corrected chi connectivity index (χ3v) is 5.98. The number of hydrogen-bond acceptors (Lipinski definition) is 4. The normalized spacial score (nSPS) is 18.0. The van der Waals surface area contributed by atoms with Crippen molar-refractivity contribution in [2.75, 3.05) is 25.6 Å². The minimum absolute atomic E-state index is 0.122. The summed E-state index contributed by atoms with van der Waals surface area (Å²) in [6, 6.07) is 14.5. The van der Waals surface area contributed by atoms with Crippen molar-refractivity contribution in [2.45, 2.75) is 38.8 Å². The summed E-state index contributed by atoms with van der Waals surface area (Å²) in [5.74, 6) is 0.372. The lowest BCUT2D eigenvalue weighted by atomic mass is 10.0. The molecule has 1 unspecified atom stereocenters. The van der Waals surface area contributed by atoms with Gasteiger partial charge in [0.2, 0.25) is 0 Å². The molecular weight excluding hydrogens is 406 g/mol. The topological polar surface area (TPSA) is 81.6 Å². The summed E-state index contributed by atoms with van der Waals surface area (Å²) in [7, 11) is 1.59. The highest BCUT2D eigenvalue weighted by Gasteiger charge is 2.30. The van der Waals surface area contributed by atoms with Gasteiger partial charge >= 0.3 is 0 Å². The maximum Gasteiger partial charge on any atom is 0.268 e. The zero-order valence-corrected chi connectivity index (χ0v) is 18.7. The number of hydrogen-bond donors (Lipinski definition) is 2. The van der Waals surface area contributed by atoms with Crippen molar-refractivity contribution in [1.29, 1.82) is 0 Å². The first-order chi connectivity index (χ1) is 15.4. The quantitative estimate of drug-likeness (QED) is 0.582. The van der Waals surface area contributed by atoms with E-state index in [-0.39, 0.29) is 17.4 Å². The average molecular weight is 436 g/mol. The molecule has 1 aliphatic rings. The van der Waals surface area contributed by atoms with Crippen molar-refractivity contribution in [2.24, 2.45) is 0 Å². The lowest BCUT2D eigenvalue weighted by Crippen LogP contribution is -2.40. The number of rotatable bonds is 7. The largest absolute Gasteiger partial charge is 0.497 e. The van der Waals surface area contributed by atoms with Crippen LogP contribution in [0.5, 0.6) is 5.75 Å². The fourth-order valence-electron chi connectivity index (χ4n) is 4.16. The Balaban J connectivity index is 1.52. The fourth-order valence-corrected chi connectivity index (χ4v) is 4.16. The van der Waals surface area contributed by atoms with Gasteiger partial charge in [-0.25, -0.2) is 0 Å². The molecule has 0 spiro atoms. The highest BCUT2D eigenvalue weighted by atomic mass is 16.5. The van der Waals surface area contributed by atoms with Gasteiger partial charge in [0.05, 0.1) is 12.7 Å². The van der Waals surface area contributed by atoms with E-state index < -0.39 is 0 Å². The predicted molar refractivity (Wildman–Crippen MR) is 124 cm³/mol. The van der Waals surface area contributed by atoms with Crippen molar-refractivity contribution in [1.82, 2.24) is 9.88 Å². The van der Waals surface area contributed by atoms with Crippen LogP contribution in [0.15, 0.2) is 48.5 Å². The maximum absolute atomic E-state index is 12.9. The van der Waals surface area contributed by atoms with Crippen LogP contribution in [-0.2, 0) is 11.3 Å². The Morgan fingerprint density at radius 2 is 1.91 bits per heavy atom. The highest BCUT2D eigenvalue weighted by Crippen LogP contribution is 2.26. The van der Waals surface area contributed by atoms with Crippen molar-refractivity contribution in [3.8, 4) is 5.75 Å². The molecule has 1 atom stereocenters. The minimum Gasteiger partial charge on any atom is -0.497 e. The Morgan fingerprint density at radius 3 is 2.56 bits per heavy atom. The Labute approximate surface area is 187 Å². The zero-order valence-electron chi connectivity index (χ0n) is 18.7. The fraction of sp³-hybridized carbons (Fsp3) is 0.360. The molecule has 1 fully saturated rings. The van der Waals surface area contributed by atoms with E-state index in [0.717, 1.165) is 30.4 Å². The summed E-state index contributed by atoms with van der Waals surface area (Å²) in [6.45, 7) is 5.94. The second kappa shape index (κ2) is 9.04. The molecule has 0 radical (unpaired) electrons. The van der Waals surface area contributed by atoms with E-state index in [1.807, 2.05) is 42.7 Å². The SMILES string of the molecule is CCn1c(C(=O)NCC2(C)CCCO2)cc2cc(NC(=O)c3ccc(OC)cc3)ccc21. The van der Waals surface area contributed by atoms with Crippen LogP contribution in [-0.4, -0.2) is 42.2 Å². The number of carbonyl (C=O) groups excluding carboxylic acids is 2. The molecule has 2 aromatic carbocycles. The van der Waals surface area contributed by atoms with Gasteiger partial charge in [0.15, 0.2) is 0 Å². The monoisotopic (exact) mass is 435 g/mol. The first kappa shape index (κ1) is 21.9. The predicted octanol–water partition coefficient (Wildman–Crippen LogP) is 4.22. The standard InChI is InChI=1S/C25H29N3O4/c1-4-28-21-11-8-19(27-23(29)17-6-9-20(31-3)10-7-17)14-18(21)15-22(28)24(30)26-16-25(2)12-5-13-32-25/h6-11,14-15H,4-5,12-13,16H2,1-3H3,(H,26,30)(H,27,29). The summed E-state index contributed by atoms with van der Waals surface area (Å²) in [6.07, 6.45) is 1.97. The highest BCUT2D eigenvalue weighted by molar-refractivity contribution is 6.06. The molecular formula is C25H29N3O4. The lowest BCUT2D eigenvalue weighted by Gasteiger charge is -2.23. The Bertz CT molecular complexity index is 1130. The summed E-state index contributed by atoms with van der Waals surface area (Å²) in [5.41, 5.74) is 2.47. The Hall–Kier alpha value is -3.32. The van der Waals surface area contributed by atoms with Crippen molar-refractivity contribution in [3.63, 3.8) is 0 Å². The third-order valence-electron chi connectivity index (χ3n) is 5.98. The summed E-state index contributed by atoms with van der Waals surface area (Å²) < 4.78 is 12.9. The molecule has 2 heterocycles. The van der Waals surface area contributed by atoms with Gasteiger partial charge in [0, 0.05) is 41.9 Å². The van der Waals surface area contributed by atoms with Crippen LogP contribution in [0.1, 0.15) is 47.5 Å². The molecule has 0 saturated carbocycles. The van der Waals surface area contributed by atoms with Gasteiger partial charge in [-0.05, 0) is 75.2 Å². The van der Waals surface area contributed by atoms with E-state index >= 15 is 0 Å². The van der Waals surface area contributed by atoms with Crippen LogP contribution in [0.3, 0.4) is 0 Å².